The second kappa shape index (κ2) is 6.37. The number of anilines is 1. The maximum absolute atomic E-state index is 12.7. The van der Waals surface area contributed by atoms with Crippen LogP contribution in [0.1, 0.15) is 58.2 Å². The predicted molar refractivity (Wildman–Crippen MR) is 97.3 cm³/mol. The first kappa shape index (κ1) is 17.6. The SMILES string of the molecule is CC(C)(C)c1cc(Cc2ccccc2)cc(N([O])C(C)(C)C)c1. The normalized spacial score (nSPS) is 12.3. The van der Waals surface area contributed by atoms with Gasteiger partial charge in [0.05, 0.1) is 11.2 Å². The van der Waals surface area contributed by atoms with Crippen LogP contribution in [0, 0.1) is 0 Å². The molecule has 0 bridgehead atoms. The molecule has 0 saturated heterocycles. The van der Waals surface area contributed by atoms with Crippen molar-refractivity contribution < 1.29 is 5.21 Å². The van der Waals surface area contributed by atoms with Crippen LogP contribution >= 0.6 is 0 Å². The molecule has 0 unspecified atom stereocenters. The van der Waals surface area contributed by atoms with Gasteiger partial charge in [0.25, 0.3) is 0 Å². The fourth-order valence-corrected chi connectivity index (χ4v) is 2.55. The van der Waals surface area contributed by atoms with Gasteiger partial charge in [0.2, 0.25) is 0 Å². The van der Waals surface area contributed by atoms with E-state index in [0.717, 1.165) is 17.2 Å². The van der Waals surface area contributed by atoms with E-state index in [1.54, 1.807) is 0 Å². The molecule has 123 valence electrons. The number of nitrogens with zero attached hydrogens (tertiary/aromatic N) is 1. The third kappa shape index (κ3) is 4.59. The van der Waals surface area contributed by atoms with Crippen LogP contribution in [0.4, 0.5) is 5.69 Å². The minimum Gasteiger partial charge on any atom is -0.215 e. The second-order valence-electron chi connectivity index (χ2n) is 8.27. The first-order valence-electron chi connectivity index (χ1n) is 8.23. The molecule has 0 aliphatic carbocycles. The summed E-state index contributed by atoms with van der Waals surface area (Å²) in [7, 11) is 0. The zero-order valence-electron chi connectivity index (χ0n) is 15.2. The van der Waals surface area contributed by atoms with E-state index in [4.69, 9.17) is 0 Å². The number of hydrogen-bond donors (Lipinski definition) is 0. The van der Waals surface area contributed by atoms with Crippen LogP contribution in [0.15, 0.2) is 48.5 Å². The monoisotopic (exact) mass is 310 g/mol. The molecule has 0 N–H and O–H groups in total. The average molecular weight is 310 g/mol. The van der Waals surface area contributed by atoms with E-state index in [1.165, 1.54) is 16.7 Å². The molecule has 2 aromatic rings. The molecular weight excluding hydrogens is 282 g/mol. The van der Waals surface area contributed by atoms with Crippen molar-refractivity contribution >= 4 is 5.69 Å². The van der Waals surface area contributed by atoms with Crippen molar-refractivity contribution in [2.24, 2.45) is 0 Å². The summed E-state index contributed by atoms with van der Waals surface area (Å²) in [6.07, 6.45) is 0.843. The standard InChI is InChI=1S/C21H28NO/c1-20(2,3)18-13-17(12-16-10-8-7-9-11-16)14-19(15-18)22(23)21(4,5)6/h7-11,13-15H,12H2,1-6H3. The molecule has 0 spiro atoms. The fraction of sp³-hybridized carbons (Fsp3) is 0.429. The third-order valence-electron chi connectivity index (χ3n) is 3.94. The molecule has 2 rings (SSSR count). The molecule has 0 aliphatic rings. The van der Waals surface area contributed by atoms with Gasteiger partial charge >= 0.3 is 0 Å². The fourth-order valence-electron chi connectivity index (χ4n) is 2.55. The lowest BCUT2D eigenvalue weighted by Crippen LogP contribution is -2.37. The Kier molecular flexibility index (Phi) is 4.86. The summed E-state index contributed by atoms with van der Waals surface area (Å²) in [5.41, 5.74) is 3.96. The minimum absolute atomic E-state index is 0.0141. The van der Waals surface area contributed by atoms with Gasteiger partial charge in [-0.25, -0.2) is 5.06 Å². The van der Waals surface area contributed by atoms with E-state index >= 15 is 0 Å². The van der Waals surface area contributed by atoms with Crippen molar-refractivity contribution in [3.8, 4) is 0 Å². The van der Waals surface area contributed by atoms with E-state index in [0.29, 0.717) is 0 Å². The quantitative estimate of drug-likeness (QED) is 0.684. The highest BCUT2D eigenvalue weighted by Crippen LogP contribution is 2.31. The van der Waals surface area contributed by atoms with Crippen molar-refractivity contribution in [3.05, 3.63) is 65.2 Å². The molecule has 2 aromatic carbocycles. The van der Waals surface area contributed by atoms with E-state index < -0.39 is 5.54 Å². The van der Waals surface area contributed by atoms with E-state index in [2.05, 4.69) is 51.1 Å². The van der Waals surface area contributed by atoms with Gasteiger partial charge in [0.1, 0.15) is 0 Å². The summed E-state index contributed by atoms with van der Waals surface area (Å²) in [5.74, 6) is 0. The van der Waals surface area contributed by atoms with Crippen molar-refractivity contribution in [2.45, 2.75) is 58.9 Å². The summed E-state index contributed by atoms with van der Waals surface area (Å²) >= 11 is 0. The lowest BCUT2D eigenvalue weighted by Gasteiger charge is -2.31. The van der Waals surface area contributed by atoms with Gasteiger partial charge in [-0.3, -0.25) is 0 Å². The number of hydroxylamine groups is 1. The Morgan fingerprint density at radius 3 is 1.96 bits per heavy atom. The highest BCUT2D eigenvalue weighted by atomic mass is 16.5. The first-order valence-corrected chi connectivity index (χ1v) is 8.23. The molecule has 0 aliphatic heterocycles. The Bertz CT molecular complexity index is 648. The molecule has 0 amide bonds. The Hall–Kier alpha value is -1.80. The second-order valence-corrected chi connectivity index (χ2v) is 8.27. The van der Waals surface area contributed by atoms with Crippen molar-refractivity contribution in [3.63, 3.8) is 0 Å². The Morgan fingerprint density at radius 1 is 0.826 bits per heavy atom. The molecule has 0 saturated carbocycles. The van der Waals surface area contributed by atoms with Crippen molar-refractivity contribution in [1.29, 1.82) is 0 Å². The molecule has 0 atom stereocenters. The zero-order valence-corrected chi connectivity index (χ0v) is 15.2. The first-order chi connectivity index (χ1) is 10.6. The molecule has 1 radical (unpaired) electrons. The van der Waals surface area contributed by atoms with Gasteiger partial charge in [-0.1, -0.05) is 62.4 Å². The molecule has 0 aromatic heterocycles. The van der Waals surface area contributed by atoms with E-state index in [9.17, 15) is 5.21 Å². The van der Waals surface area contributed by atoms with E-state index in [1.807, 2.05) is 39.0 Å². The summed E-state index contributed by atoms with van der Waals surface area (Å²) < 4.78 is 0. The van der Waals surface area contributed by atoms with Gasteiger partial charge in [0.15, 0.2) is 0 Å². The number of benzene rings is 2. The number of rotatable bonds is 3. The van der Waals surface area contributed by atoms with Crippen LogP contribution in [0.3, 0.4) is 0 Å². The maximum Gasteiger partial charge on any atom is 0.0679 e. The lowest BCUT2D eigenvalue weighted by atomic mass is 9.85. The third-order valence-corrected chi connectivity index (χ3v) is 3.94. The summed E-state index contributed by atoms with van der Waals surface area (Å²) in [5, 5.41) is 13.8. The van der Waals surface area contributed by atoms with E-state index in [-0.39, 0.29) is 5.41 Å². The summed E-state index contributed by atoms with van der Waals surface area (Å²) in [6.45, 7) is 12.4. The van der Waals surface area contributed by atoms with Gasteiger partial charge in [-0.2, -0.15) is 0 Å². The molecule has 0 heterocycles. The Balaban J connectivity index is 2.46. The van der Waals surface area contributed by atoms with Crippen LogP contribution < -0.4 is 5.06 Å². The topological polar surface area (TPSA) is 23.1 Å². The van der Waals surface area contributed by atoms with Crippen LogP contribution in [-0.2, 0) is 17.0 Å². The average Bonchev–Trinajstić information content (AvgIpc) is 2.45. The zero-order chi connectivity index (χ0) is 17.3. The highest BCUT2D eigenvalue weighted by molar-refractivity contribution is 5.53. The van der Waals surface area contributed by atoms with Crippen LogP contribution in [0.5, 0.6) is 0 Å². The summed E-state index contributed by atoms with van der Waals surface area (Å²) in [6, 6.07) is 16.7. The maximum atomic E-state index is 12.7. The minimum atomic E-state index is -0.444. The predicted octanol–water partition coefficient (Wildman–Crippen LogP) is 5.53. The van der Waals surface area contributed by atoms with Gasteiger partial charge in [-0.05, 0) is 61.4 Å². The van der Waals surface area contributed by atoms with Crippen LogP contribution in [0.25, 0.3) is 0 Å². The number of hydrogen-bond acceptors (Lipinski definition) is 1. The molecule has 2 heteroatoms. The van der Waals surface area contributed by atoms with Gasteiger partial charge < -0.3 is 0 Å². The largest absolute Gasteiger partial charge is 0.215 e. The van der Waals surface area contributed by atoms with Crippen LogP contribution in [0.2, 0.25) is 0 Å². The summed E-state index contributed by atoms with van der Waals surface area (Å²) in [4.78, 5) is 0. The molecular formula is C21H28NO. The lowest BCUT2D eigenvalue weighted by molar-refractivity contribution is 0.102. The Morgan fingerprint density at radius 2 is 1.43 bits per heavy atom. The highest BCUT2D eigenvalue weighted by Gasteiger charge is 2.24. The Labute approximate surface area is 140 Å². The van der Waals surface area contributed by atoms with Crippen molar-refractivity contribution in [2.75, 3.05) is 5.06 Å². The van der Waals surface area contributed by atoms with Crippen LogP contribution in [-0.4, -0.2) is 5.54 Å². The smallest absolute Gasteiger partial charge is 0.0679 e. The van der Waals surface area contributed by atoms with Crippen molar-refractivity contribution in [1.82, 2.24) is 0 Å². The van der Waals surface area contributed by atoms with Gasteiger partial charge in [-0.15, -0.1) is 0 Å². The molecule has 2 nitrogen and oxygen atoms in total. The molecule has 23 heavy (non-hydrogen) atoms. The molecule has 0 fully saturated rings. The van der Waals surface area contributed by atoms with Gasteiger partial charge in [0, 0.05) is 0 Å².